The highest BCUT2D eigenvalue weighted by Crippen LogP contribution is 2.21. The number of hydrogen-bond acceptors (Lipinski definition) is 2. The molecule has 0 saturated heterocycles. The second kappa shape index (κ2) is 5.96. The van der Waals surface area contributed by atoms with E-state index >= 15 is 0 Å². The second-order valence-corrected chi connectivity index (χ2v) is 5.48. The van der Waals surface area contributed by atoms with E-state index in [9.17, 15) is 4.79 Å². The Balaban J connectivity index is 2.26. The molecule has 4 heteroatoms. The lowest BCUT2D eigenvalue weighted by Crippen LogP contribution is -2.36. The number of aryl methyl sites for hydroxylation is 2. The van der Waals surface area contributed by atoms with Crippen LogP contribution in [0.4, 0.5) is 0 Å². The molecule has 18 heavy (non-hydrogen) atoms. The molecule has 0 amide bonds. The molecular weight excluding hydrogens is 246 g/mol. The van der Waals surface area contributed by atoms with Gasteiger partial charge in [0.15, 0.2) is 6.54 Å². The lowest BCUT2D eigenvalue weighted by Gasteiger charge is -1.97. The Labute approximate surface area is 111 Å². The number of carbonyl (C=O) groups is 1. The maximum Gasteiger partial charge on any atom is 0.303 e. The SMILES string of the molecule is CCCc1sc2ccccc2[n+]1CCCC(=O)O. The van der Waals surface area contributed by atoms with Crippen LogP contribution in [-0.4, -0.2) is 11.1 Å². The smallest absolute Gasteiger partial charge is 0.303 e. The van der Waals surface area contributed by atoms with Crippen LogP contribution in [0.5, 0.6) is 0 Å². The lowest BCUT2D eigenvalue weighted by atomic mass is 10.2. The van der Waals surface area contributed by atoms with Crippen LogP contribution in [0.15, 0.2) is 24.3 Å². The van der Waals surface area contributed by atoms with Crippen LogP contribution in [0.2, 0.25) is 0 Å². The Morgan fingerprint density at radius 2 is 2.17 bits per heavy atom. The normalized spacial score (nSPS) is 10.9. The first kappa shape index (κ1) is 13.0. The molecular formula is C14H18NO2S+. The molecule has 2 aromatic rings. The van der Waals surface area contributed by atoms with Crippen molar-refractivity contribution in [3.8, 4) is 0 Å². The number of fused-ring (bicyclic) bond motifs is 1. The molecule has 0 aliphatic heterocycles. The zero-order chi connectivity index (χ0) is 13.0. The van der Waals surface area contributed by atoms with Crippen molar-refractivity contribution in [2.24, 2.45) is 0 Å². The highest BCUT2D eigenvalue weighted by molar-refractivity contribution is 7.18. The highest BCUT2D eigenvalue weighted by Gasteiger charge is 2.19. The third kappa shape index (κ3) is 2.88. The standard InChI is InChI=1S/C14H17NO2S/c1-2-6-13-15(10-5-9-14(16)17)11-7-3-4-8-12(11)18-13/h3-4,7-8H,2,5-6,9-10H2,1H3/p+1. The summed E-state index contributed by atoms with van der Waals surface area (Å²) in [5.74, 6) is -0.716. The number of carboxylic acids is 1. The number of carboxylic acid groups (broad SMARTS) is 1. The number of benzene rings is 1. The molecule has 0 unspecified atom stereocenters. The summed E-state index contributed by atoms with van der Waals surface area (Å²) in [6.07, 6.45) is 3.11. The summed E-state index contributed by atoms with van der Waals surface area (Å²) in [6.45, 7) is 2.97. The van der Waals surface area contributed by atoms with Gasteiger partial charge in [0.05, 0.1) is 6.42 Å². The molecule has 1 N–H and O–H groups in total. The van der Waals surface area contributed by atoms with E-state index < -0.39 is 5.97 Å². The fourth-order valence-electron chi connectivity index (χ4n) is 2.12. The Kier molecular flexibility index (Phi) is 4.31. The summed E-state index contributed by atoms with van der Waals surface area (Å²) in [5.41, 5.74) is 1.23. The third-order valence-electron chi connectivity index (χ3n) is 2.92. The summed E-state index contributed by atoms with van der Waals surface area (Å²) in [7, 11) is 0. The first-order valence-corrected chi connectivity index (χ1v) is 7.16. The van der Waals surface area contributed by atoms with Gasteiger partial charge in [-0.25, -0.2) is 0 Å². The molecule has 0 bridgehead atoms. The van der Waals surface area contributed by atoms with Gasteiger partial charge < -0.3 is 5.11 Å². The summed E-state index contributed by atoms with van der Waals surface area (Å²) in [4.78, 5) is 10.6. The van der Waals surface area contributed by atoms with E-state index in [2.05, 4.69) is 29.7 Å². The fourth-order valence-corrected chi connectivity index (χ4v) is 3.41. The maximum absolute atomic E-state index is 10.6. The molecule has 0 aliphatic carbocycles. The molecule has 0 saturated carbocycles. The first-order valence-electron chi connectivity index (χ1n) is 6.34. The molecule has 0 radical (unpaired) electrons. The van der Waals surface area contributed by atoms with Crippen molar-refractivity contribution in [2.45, 2.75) is 39.2 Å². The average Bonchev–Trinajstić information content (AvgIpc) is 2.68. The molecule has 0 spiro atoms. The van der Waals surface area contributed by atoms with E-state index in [-0.39, 0.29) is 6.42 Å². The van der Waals surface area contributed by atoms with Crippen LogP contribution in [0.25, 0.3) is 10.2 Å². The Morgan fingerprint density at radius 1 is 1.39 bits per heavy atom. The minimum atomic E-state index is -0.716. The number of hydrogen-bond donors (Lipinski definition) is 1. The van der Waals surface area contributed by atoms with E-state index in [0.29, 0.717) is 6.42 Å². The summed E-state index contributed by atoms with van der Waals surface area (Å²) < 4.78 is 3.57. The zero-order valence-corrected chi connectivity index (χ0v) is 11.4. The van der Waals surface area contributed by atoms with Gasteiger partial charge >= 0.3 is 5.97 Å². The van der Waals surface area contributed by atoms with Gasteiger partial charge in [0.1, 0.15) is 4.70 Å². The Hall–Kier alpha value is -1.42. The predicted octanol–water partition coefficient (Wildman–Crippen LogP) is 3.01. The van der Waals surface area contributed by atoms with Gasteiger partial charge in [0.25, 0.3) is 0 Å². The largest absolute Gasteiger partial charge is 0.481 e. The van der Waals surface area contributed by atoms with Crippen molar-refractivity contribution in [1.82, 2.24) is 0 Å². The van der Waals surface area contributed by atoms with Crippen LogP contribution < -0.4 is 4.57 Å². The van der Waals surface area contributed by atoms with Crippen molar-refractivity contribution >= 4 is 27.5 Å². The Bertz CT molecular complexity index is 548. The second-order valence-electron chi connectivity index (χ2n) is 4.36. The summed E-state index contributed by atoms with van der Waals surface area (Å²) in [6, 6.07) is 8.34. The quantitative estimate of drug-likeness (QED) is 0.815. The molecule has 0 fully saturated rings. The van der Waals surface area contributed by atoms with Crippen LogP contribution >= 0.6 is 11.3 Å². The molecule has 1 aromatic heterocycles. The van der Waals surface area contributed by atoms with Crippen LogP contribution in [0, 0.1) is 0 Å². The van der Waals surface area contributed by atoms with Gasteiger partial charge in [0, 0.05) is 18.9 Å². The number of thiazole rings is 1. The molecule has 1 aromatic carbocycles. The number of aromatic nitrogens is 1. The number of para-hydroxylation sites is 1. The van der Waals surface area contributed by atoms with Gasteiger partial charge in [-0.2, -0.15) is 4.57 Å². The minimum Gasteiger partial charge on any atom is -0.481 e. The van der Waals surface area contributed by atoms with Gasteiger partial charge in [-0.05, 0) is 12.5 Å². The van der Waals surface area contributed by atoms with Gasteiger partial charge in [-0.1, -0.05) is 30.4 Å². The van der Waals surface area contributed by atoms with E-state index in [1.807, 2.05) is 17.4 Å². The van der Waals surface area contributed by atoms with Gasteiger partial charge in [-0.3, -0.25) is 4.79 Å². The van der Waals surface area contributed by atoms with Gasteiger partial charge in [-0.15, -0.1) is 0 Å². The topological polar surface area (TPSA) is 41.2 Å². The van der Waals surface area contributed by atoms with Crippen molar-refractivity contribution < 1.29 is 14.5 Å². The minimum absolute atomic E-state index is 0.239. The molecule has 1 heterocycles. The van der Waals surface area contributed by atoms with E-state index in [4.69, 9.17) is 5.11 Å². The van der Waals surface area contributed by atoms with Crippen LogP contribution in [0.1, 0.15) is 31.2 Å². The Morgan fingerprint density at radius 3 is 2.89 bits per heavy atom. The number of rotatable bonds is 6. The zero-order valence-electron chi connectivity index (χ0n) is 10.6. The fraction of sp³-hybridized carbons (Fsp3) is 0.429. The monoisotopic (exact) mass is 264 g/mol. The average molecular weight is 264 g/mol. The predicted molar refractivity (Wildman–Crippen MR) is 72.9 cm³/mol. The van der Waals surface area contributed by atoms with E-state index in [1.165, 1.54) is 15.2 Å². The molecule has 3 nitrogen and oxygen atoms in total. The van der Waals surface area contributed by atoms with Crippen LogP contribution in [-0.2, 0) is 17.8 Å². The van der Waals surface area contributed by atoms with Crippen molar-refractivity contribution in [3.63, 3.8) is 0 Å². The van der Waals surface area contributed by atoms with E-state index in [1.54, 1.807) is 0 Å². The van der Waals surface area contributed by atoms with Crippen LogP contribution in [0.3, 0.4) is 0 Å². The number of nitrogens with zero attached hydrogens (tertiary/aromatic N) is 1. The number of aliphatic carboxylic acids is 1. The summed E-state index contributed by atoms with van der Waals surface area (Å²) in [5, 5.41) is 10.1. The molecule has 0 atom stereocenters. The van der Waals surface area contributed by atoms with Gasteiger partial charge in [0.2, 0.25) is 10.5 Å². The van der Waals surface area contributed by atoms with Crippen molar-refractivity contribution in [2.75, 3.05) is 0 Å². The molecule has 96 valence electrons. The molecule has 2 rings (SSSR count). The maximum atomic E-state index is 10.6. The molecule has 0 aliphatic rings. The van der Waals surface area contributed by atoms with Crippen molar-refractivity contribution in [1.29, 1.82) is 0 Å². The van der Waals surface area contributed by atoms with Crippen molar-refractivity contribution in [3.05, 3.63) is 29.3 Å². The van der Waals surface area contributed by atoms with E-state index in [0.717, 1.165) is 19.4 Å². The lowest BCUT2D eigenvalue weighted by molar-refractivity contribution is -0.674. The first-order chi connectivity index (χ1) is 8.72. The third-order valence-corrected chi connectivity index (χ3v) is 4.15. The summed E-state index contributed by atoms with van der Waals surface area (Å²) >= 11 is 1.82. The highest BCUT2D eigenvalue weighted by atomic mass is 32.1.